The SMILES string of the molecule is CC.Cc1ncnn1CC(C)(C#N)c1ccccc1. The minimum absolute atomic E-state index is 0.513. The van der Waals surface area contributed by atoms with Crippen molar-refractivity contribution in [2.45, 2.75) is 39.7 Å². The Morgan fingerprint density at radius 2 is 1.89 bits per heavy atom. The number of hydrogen-bond donors (Lipinski definition) is 0. The number of aryl methyl sites for hydroxylation is 1. The van der Waals surface area contributed by atoms with Gasteiger partial charge >= 0.3 is 0 Å². The van der Waals surface area contributed by atoms with Crippen LogP contribution >= 0.6 is 0 Å². The Labute approximate surface area is 114 Å². The molecule has 100 valence electrons. The monoisotopic (exact) mass is 256 g/mol. The Morgan fingerprint density at radius 3 is 2.37 bits per heavy atom. The van der Waals surface area contributed by atoms with Crippen molar-refractivity contribution in [2.75, 3.05) is 0 Å². The Hall–Kier alpha value is -2.15. The van der Waals surface area contributed by atoms with Gasteiger partial charge in [-0.25, -0.2) is 9.67 Å². The zero-order valence-electron chi connectivity index (χ0n) is 12.0. The van der Waals surface area contributed by atoms with Crippen LogP contribution in [0.5, 0.6) is 0 Å². The maximum atomic E-state index is 9.42. The van der Waals surface area contributed by atoms with Crippen LogP contribution in [0.15, 0.2) is 36.7 Å². The molecule has 1 atom stereocenters. The van der Waals surface area contributed by atoms with E-state index in [4.69, 9.17) is 0 Å². The number of benzene rings is 1. The molecule has 4 heteroatoms. The van der Waals surface area contributed by atoms with Gasteiger partial charge in [-0.2, -0.15) is 10.4 Å². The van der Waals surface area contributed by atoms with Gasteiger partial charge in [0, 0.05) is 0 Å². The standard InChI is InChI=1S/C13H14N4.C2H6/c1-11-15-10-16-17(11)9-13(2,8-14)12-6-4-3-5-7-12;1-2/h3-7,10H,9H2,1-2H3;1-2H3. The van der Waals surface area contributed by atoms with Crippen LogP contribution in [0.3, 0.4) is 0 Å². The largest absolute Gasteiger partial charge is 0.248 e. The van der Waals surface area contributed by atoms with Crippen molar-refractivity contribution in [3.05, 3.63) is 48.0 Å². The quantitative estimate of drug-likeness (QED) is 0.848. The summed E-state index contributed by atoms with van der Waals surface area (Å²) in [7, 11) is 0. The average Bonchev–Trinajstić information content (AvgIpc) is 2.87. The summed E-state index contributed by atoms with van der Waals surface area (Å²) in [6.45, 7) is 8.32. The number of nitrogens with zero attached hydrogens (tertiary/aromatic N) is 4. The molecule has 0 saturated heterocycles. The Kier molecular flexibility index (Phi) is 5.25. The van der Waals surface area contributed by atoms with Gasteiger partial charge in [-0.3, -0.25) is 0 Å². The van der Waals surface area contributed by atoms with E-state index in [-0.39, 0.29) is 0 Å². The summed E-state index contributed by atoms with van der Waals surface area (Å²) >= 11 is 0. The molecule has 0 aliphatic carbocycles. The van der Waals surface area contributed by atoms with Gasteiger partial charge in [-0.15, -0.1) is 0 Å². The molecule has 1 aromatic heterocycles. The molecule has 0 radical (unpaired) electrons. The third-order valence-corrected chi connectivity index (χ3v) is 2.93. The lowest BCUT2D eigenvalue weighted by Gasteiger charge is -2.22. The number of nitriles is 1. The van der Waals surface area contributed by atoms with E-state index < -0.39 is 5.41 Å². The summed E-state index contributed by atoms with van der Waals surface area (Å²) in [6, 6.07) is 12.1. The predicted octanol–water partition coefficient (Wildman–Crippen LogP) is 3.09. The zero-order chi connectivity index (χ0) is 14.3. The van der Waals surface area contributed by atoms with Gasteiger partial charge in [-0.05, 0) is 19.4 Å². The lowest BCUT2D eigenvalue weighted by atomic mass is 9.84. The zero-order valence-corrected chi connectivity index (χ0v) is 12.0. The summed E-state index contributed by atoms with van der Waals surface area (Å²) in [5.41, 5.74) is 0.414. The molecule has 1 heterocycles. The van der Waals surface area contributed by atoms with Crippen molar-refractivity contribution in [1.82, 2.24) is 14.8 Å². The summed E-state index contributed by atoms with van der Waals surface area (Å²) in [6.07, 6.45) is 1.51. The van der Waals surface area contributed by atoms with Gasteiger partial charge in [0.05, 0.1) is 18.0 Å². The van der Waals surface area contributed by atoms with E-state index in [1.807, 2.05) is 58.0 Å². The molecule has 0 amide bonds. The smallest absolute Gasteiger partial charge is 0.138 e. The fourth-order valence-corrected chi connectivity index (χ4v) is 1.77. The van der Waals surface area contributed by atoms with Crippen molar-refractivity contribution in [3.8, 4) is 6.07 Å². The second-order valence-corrected chi connectivity index (χ2v) is 4.27. The van der Waals surface area contributed by atoms with Crippen LogP contribution < -0.4 is 0 Å². The normalized spacial score (nSPS) is 12.8. The molecule has 0 fully saturated rings. The Balaban J connectivity index is 0.000000861. The predicted molar refractivity (Wildman–Crippen MR) is 75.5 cm³/mol. The topological polar surface area (TPSA) is 54.5 Å². The number of hydrogen-bond acceptors (Lipinski definition) is 3. The highest BCUT2D eigenvalue weighted by Gasteiger charge is 2.27. The van der Waals surface area contributed by atoms with Crippen LogP contribution in [-0.4, -0.2) is 14.8 Å². The van der Waals surface area contributed by atoms with E-state index in [1.54, 1.807) is 4.68 Å². The maximum Gasteiger partial charge on any atom is 0.138 e. The van der Waals surface area contributed by atoms with Gasteiger partial charge < -0.3 is 0 Å². The maximum absolute atomic E-state index is 9.42. The molecule has 2 rings (SSSR count). The molecule has 1 aromatic carbocycles. The lowest BCUT2D eigenvalue weighted by molar-refractivity contribution is 0.452. The first-order valence-corrected chi connectivity index (χ1v) is 6.47. The highest BCUT2D eigenvalue weighted by atomic mass is 15.3. The summed E-state index contributed by atoms with van der Waals surface area (Å²) in [5, 5.41) is 13.5. The molecule has 0 saturated carbocycles. The molecule has 2 aromatic rings. The number of rotatable bonds is 3. The van der Waals surface area contributed by atoms with E-state index in [0.717, 1.165) is 11.4 Å². The van der Waals surface area contributed by atoms with E-state index in [0.29, 0.717) is 6.54 Å². The molecule has 0 aliphatic heterocycles. The van der Waals surface area contributed by atoms with Gasteiger partial charge in [0.15, 0.2) is 0 Å². The van der Waals surface area contributed by atoms with Crippen LogP contribution in [-0.2, 0) is 12.0 Å². The molecule has 4 nitrogen and oxygen atoms in total. The highest BCUT2D eigenvalue weighted by molar-refractivity contribution is 5.30. The lowest BCUT2D eigenvalue weighted by Crippen LogP contribution is -2.27. The van der Waals surface area contributed by atoms with Crippen molar-refractivity contribution < 1.29 is 0 Å². The van der Waals surface area contributed by atoms with Crippen molar-refractivity contribution in [1.29, 1.82) is 5.26 Å². The molecule has 1 unspecified atom stereocenters. The van der Waals surface area contributed by atoms with Gasteiger partial charge in [0.2, 0.25) is 0 Å². The van der Waals surface area contributed by atoms with Gasteiger partial charge in [-0.1, -0.05) is 44.2 Å². The van der Waals surface area contributed by atoms with E-state index in [2.05, 4.69) is 16.2 Å². The minimum Gasteiger partial charge on any atom is -0.248 e. The van der Waals surface area contributed by atoms with Crippen LogP contribution in [0.25, 0.3) is 0 Å². The van der Waals surface area contributed by atoms with Gasteiger partial charge in [0.1, 0.15) is 12.2 Å². The van der Waals surface area contributed by atoms with Crippen LogP contribution in [0, 0.1) is 18.3 Å². The van der Waals surface area contributed by atoms with Crippen LogP contribution in [0.1, 0.15) is 32.2 Å². The van der Waals surface area contributed by atoms with E-state index in [1.165, 1.54) is 6.33 Å². The number of aromatic nitrogens is 3. The first-order chi connectivity index (χ1) is 9.15. The fourth-order valence-electron chi connectivity index (χ4n) is 1.77. The van der Waals surface area contributed by atoms with E-state index >= 15 is 0 Å². The van der Waals surface area contributed by atoms with E-state index in [9.17, 15) is 5.26 Å². The fraction of sp³-hybridized carbons (Fsp3) is 0.400. The molecular formula is C15H20N4. The Morgan fingerprint density at radius 1 is 1.26 bits per heavy atom. The molecule has 19 heavy (non-hydrogen) atoms. The van der Waals surface area contributed by atoms with Crippen molar-refractivity contribution in [2.24, 2.45) is 0 Å². The second-order valence-electron chi connectivity index (χ2n) is 4.27. The molecule has 0 aliphatic rings. The summed E-state index contributed by atoms with van der Waals surface area (Å²) in [4.78, 5) is 4.07. The van der Waals surface area contributed by atoms with Crippen molar-refractivity contribution in [3.63, 3.8) is 0 Å². The van der Waals surface area contributed by atoms with Crippen molar-refractivity contribution >= 4 is 0 Å². The third-order valence-electron chi connectivity index (χ3n) is 2.93. The molecule has 0 N–H and O–H groups in total. The first-order valence-electron chi connectivity index (χ1n) is 6.47. The third kappa shape index (κ3) is 3.41. The van der Waals surface area contributed by atoms with Crippen LogP contribution in [0.4, 0.5) is 0 Å². The minimum atomic E-state index is -0.584. The highest BCUT2D eigenvalue weighted by Crippen LogP contribution is 2.24. The molecule has 0 spiro atoms. The average molecular weight is 256 g/mol. The summed E-state index contributed by atoms with van der Waals surface area (Å²) < 4.78 is 1.76. The van der Waals surface area contributed by atoms with Crippen LogP contribution in [0.2, 0.25) is 0 Å². The Bertz CT molecular complexity index is 539. The van der Waals surface area contributed by atoms with Gasteiger partial charge in [0.25, 0.3) is 0 Å². The first kappa shape index (κ1) is 14.9. The summed E-state index contributed by atoms with van der Waals surface area (Å²) in [5.74, 6) is 0.822. The molecule has 0 bridgehead atoms. The molecular weight excluding hydrogens is 236 g/mol. The second kappa shape index (κ2) is 6.69.